The van der Waals surface area contributed by atoms with Crippen LogP contribution in [0, 0.1) is 18.2 Å². The van der Waals surface area contributed by atoms with Crippen LogP contribution in [0.15, 0.2) is 18.2 Å². The number of terminal acetylenes is 1. The van der Waals surface area contributed by atoms with Gasteiger partial charge in [-0.15, -0.1) is 12.3 Å². The first-order chi connectivity index (χ1) is 5.75. The third-order valence-corrected chi connectivity index (χ3v) is 1.94. The highest BCUT2D eigenvalue weighted by molar-refractivity contribution is 6.31. The van der Waals surface area contributed by atoms with Crippen molar-refractivity contribution in [2.45, 2.75) is 12.8 Å². The first kappa shape index (κ1) is 9.09. The zero-order valence-electron chi connectivity index (χ0n) is 6.48. The van der Waals surface area contributed by atoms with Crippen LogP contribution in [-0.2, 0) is 6.42 Å². The van der Waals surface area contributed by atoms with Crippen molar-refractivity contribution in [2.24, 2.45) is 0 Å². The largest absolute Gasteiger partial charge is 0.207 e. The van der Waals surface area contributed by atoms with Crippen molar-refractivity contribution in [3.8, 4) is 12.3 Å². The summed E-state index contributed by atoms with van der Waals surface area (Å²) in [7, 11) is 0. The normalized spacial score (nSPS) is 9.42. The van der Waals surface area contributed by atoms with Crippen LogP contribution in [0.25, 0.3) is 0 Å². The highest BCUT2D eigenvalue weighted by Gasteiger charge is 2.04. The molecule has 2 heteroatoms. The third-order valence-electron chi connectivity index (χ3n) is 1.58. The molecule has 0 amide bonds. The maximum Gasteiger partial charge on any atom is 0.127 e. The Morgan fingerprint density at radius 1 is 1.50 bits per heavy atom. The van der Waals surface area contributed by atoms with Gasteiger partial charge in [0.05, 0.1) is 0 Å². The zero-order chi connectivity index (χ0) is 8.97. The van der Waals surface area contributed by atoms with E-state index in [4.69, 9.17) is 18.0 Å². The van der Waals surface area contributed by atoms with E-state index in [0.717, 1.165) is 0 Å². The molecule has 0 nitrogen and oxygen atoms in total. The van der Waals surface area contributed by atoms with Crippen molar-refractivity contribution in [2.75, 3.05) is 0 Å². The van der Waals surface area contributed by atoms with Crippen LogP contribution in [0.4, 0.5) is 4.39 Å². The molecule has 1 rings (SSSR count). The number of hydrogen-bond acceptors (Lipinski definition) is 0. The lowest BCUT2D eigenvalue weighted by Crippen LogP contribution is -1.90. The fourth-order valence-corrected chi connectivity index (χ4v) is 1.23. The minimum Gasteiger partial charge on any atom is -0.207 e. The molecule has 1 aromatic carbocycles. The summed E-state index contributed by atoms with van der Waals surface area (Å²) in [5.74, 6) is 2.17. The lowest BCUT2D eigenvalue weighted by Gasteiger charge is -2.01. The van der Waals surface area contributed by atoms with Gasteiger partial charge in [0, 0.05) is 17.0 Å². The zero-order valence-corrected chi connectivity index (χ0v) is 7.24. The summed E-state index contributed by atoms with van der Waals surface area (Å²) in [6.07, 6.45) is 6.08. The van der Waals surface area contributed by atoms with Gasteiger partial charge in [0.15, 0.2) is 0 Å². The van der Waals surface area contributed by atoms with E-state index in [0.29, 0.717) is 23.4 Å². The Hall–Kier alpha value is -1.00. The monoisotopic (exact) mass is 182 g/mol. The first-order valence-electron chi connectivity index (χ1n) is 3.62. The Labute approximate surface area is 76.4 Å². The maximum absolute atomic E-state index is 13.0. The average molecular weight is 183 g/mol. The predicted molar refractivity (Wildman–Crippen MR) is 48.6 cm³/mol. The minimum atomic E-state index is -0.280. The number of benzene rings is 1. The van der Waals surface area contributed by atoms with E-state index in [1.165, 1.54) is 6.07 Å². The molecule has 12 heavy (non-hydrogen) atoms. The Bertz CT molecular complexity index is 292. The second kappa shape index (κ2) is 4.13. The molecular formula is C10H8ClF. The molecular weight excluding hydrogens is 175 g/mol. The number of halogens is 2. The second-order valence-electron chi connectivity index (χ2n) is 2.40. The predicted octanol–water partition coefficient (Wildman–Crippen LogP) is 3.04. The minimum absolute atomic E-state index is 0.280. The van der Waals surface area contributed by atoms with E-state index in [1.54, 1.807) is 12.1 Å². The number of rotatable bonds is 2. The summed E-state index contributed by atoms with van der Waals surface area (Å²) in [5, 5.41) is 0.449. The van der Waals surface area contributed by atoms with Gasteiger partial charge >= 0.3 is 0 Å². The van der Waals surface area contributed by atoms with Crippen LogP contribution in [0.3, 0.4) is 0 Å². The van der Waals surface area contributed by atoms with Gasteiger partial charge in [-0.3, -0.25) is 0 Å². The van der Waals surface area contributed by atoms with Gasteiger partial charge in [0.25, 0.3) is 0 Å². The molecule has 0 bridgehead atoms. The van der Waals surface area contributed by atoms with Gasteiger partial charge in [0.2, 0.25) is 0 Å². The van der Waals surface area contributed by atoms with Crippen molar-refractivity contribution in [1.82, 2.24) is 0 Å². The topological polar surface area (TPSA) is 0 Å². The van der Waals surface area contributed by atoms with Crippen LogP contribution in [-0.4, -0.2) is 0 Å². The van der Waals surface area contributed by atoms with Crippen molar-refractivity contribution in [3.63, 3.8) is 0 Å². The smallest absolute Gasteiger partial charge is 0.127 e. The van der Waals surface area contributed by atoms with Crippen molar-refractivity contribution >= 4 is 11.6 Å². The van der Waals surface area contributed by atoms with Gasteiger partial charge in [-0.2, -0.15) is 0 Å². The standard InChI is InChI=1S/C10H8ClF/c1-2-3-5-8-9(11)6-4-7-10(8)12/h1,4,6-7H,3,5H2. The van der Waals surface area contributed by atoms with E-state index >= 15 is 0 Å². The van der Waals surface area contributed by atoms with Crippen LogP contribution in [0.2, 0.25) is 5.02 Å². The van der Waals surface area contributed by atoms with Crippen molar-refractivity contribution < 1.29 is 4.39 Å². The SMILES string of the molecule is C#CCCc1c(F)cccc1Cl. The summed E-state index contributed by atoms with van der Waals surface area (Å²) < 4.78 is 13.0. The van der Waals surface area contributed by atoms with E-state index in [-0.39, 0.29) is 5.82 Å². The molecule has 0 aromatic heterocycles. The molecule has 0 N–H and O–H groups in total. The molecule has 0 aliphatic carbocycles. The molecule has 62 valence electrons. The van der Waals surface area contributed by atoms with Gasteiger partial charge < -0.3 is 0 Å². The lowest BCUT2D eigenvalue weighted by molar-refractivity contribution is 0.610. The van der Waals surface area contributed by atoms with Gasteiger partial charge in [-0.25, -0.2) is 4.39 Å². The highest BCUT2D eigenvalue weighted by Crippen LogP contribution is 2.19. The summed E-state index contributed by atoms with van der Waals surface area (Å²) in [4.78, 5) is 0. The highest BCUT2D eigenvalue weighted by atomic mass is 35.5. The molecule has 0 spiro atoms. The quantitative estimate of drug-likeness (QED) is 0.617. The van der Waals surface area contributed by atoms with Crippen LogP contribution in [0.1, 0.15) is 12.0 Å². The summed E-state index contributed by atoms with van der Waals surface area (Å²) in [6, 6.07) is 4.63. The molecule has 0 aliphatic rings. The van der Waals surface area contributed by atoms with Crippen LogP contribution in [0.5, 0.6) is 0 Å². The third kappa shape index (κ3) is 1.99. The van der Waals surface area contributed by atoms with Crippen molar-refractivity contribution in [1.29, 1.82) is 0 Å². The van der Waals surface area contributed by atoms with E-state index < -0.39 is 0 Å². The maximum atomic E-state index is 13.0. The average Bonchev–Trinajstić information content (AvgIpc) is 2.04. The molecule has 0 heterocycles. The summed E-state index contributed by atoms with van der Waals surface area (Å²) in [5.41, 5.74) is 0.511. The van der Waals surface area contributed by atoms with Crippen molar-refractivity contribution in [3.05, 3.63) is 34.6 Å². The van der Waals surface area contributed by atoms with Gasteiger partial charge in [-0.05, 0) is 18.6 Å². The van der Waals surface area contributed by atoms with E-state index in [9.17, 15) is 4.39 Å². The molecule has 0 radical (unpaired) electrons. The Kier molecular flexibility index (Phi) is 3.13. The second-order valence-corrected chi connectivity index (χ2v) is 2.81. The Morgan fingerprint density at radius 2 is 2.25 bits per heavy atom. The fourth-order valence-electron chi connectivity index (χ4n) is 0.968. The molecule has 0 aliphatic heterocycles. The Morgan fingerprint density at radius 3 is 2.83 bits per heavy atom. The van der Waals surface area contributed by atoms with E-state index in [2.05, 4.69) is 5.92 Å². The first-order valence-corrected chi connectivity index (χ1v) is 4.00. The molecule has 0 fully saturated rings. The summed E-state index contributed by atoms with van der Waals surface area (Å²) >= 11 is 5.76. The Balaban J connectivity index is 2.90. The molecule has 0 saturated heterocycles. The van der Waals surface area contributed by atoms with E-state index in [1.807, 2.05) is 0 Å². The molecule has 0 atom stereocenters. The van der Waals surface area contributed by atoms with Crippen LogP contribution < -0.4 is 0 Å². The van der Waals surface area contributed by atoms with Gasteiger partial charge in [-0.1, -0.05) is 17.7 Å². The molecule has 0 saturated carbocycles. The molecule has 1 aromatic rings. The lowest BCUT2D eigenvalue weighted by atomic mass is 10.1. The molecule has 0 unspecified atom stereocenters. The summed E-state index contributed by atoms with van der Waals surface area (Å²) in [6.45, 7) is 0. The van der Waals surface area contributed by atoms with Gasteiger partial charge in [0.1, 0.15) is 5.82 Å². The van der Waals surface area contributed by atoms with Crippen LogP contribution >= 0.6 is 11.6 Å². The number of hydrogen-bond donors (Lipinski definition) is 0. The fraction of sp³-hybridized carbons (Fsp3) is 0.200.